The second-order valence-corrected chi connectivity index (χ2v) is 13.4. The summed E-state index contributed by atoms with van der Waals surface area (Å²) in [5, 5.41) is 16.5. The number of ether oxygens (including phenoxy) is 1. The molecule has 2 heterocycles. The van der Waals surface area contributed by atoms with Crippen LogP contribution in [0.4, 0.5) is 29.3 Å². The highest BCUT2D eigenvalue weighted by Crippen LogP contribution is 2.36. The number of alkyl halides is 3. The van der Waals surface area contributed by atoms with E-state index in [0.717, 1.165) is 39.9 Å². The smallest absolute Gasteiger partial charge is 0.416 e. The van der Waals surface area contributed by atoms with Gasteiger partial charge in [0.15, 0.2) is 5.75 Å². The summed E-state index contributed by atoms with van der Waals surface area (Å²) < 4.78 is 72.7. The minimum Gasteiger partial charge on any atom is -0.486 e. The summed E-state index contributed by atoms with van der Waals surface area (Å²) in [5.74, 6) is -0.891. The van der Waals surface area contributed by atoms with Gasteiger partial charge in [0.25, 0.3) is 15.9 Å². The van der Waals surface area contributed by atoms with Crippen LogP contribution in [0.5, 0.6) is 5.75 Å². The summed E-state index contributed by atoms with van der Waals surface area (Å²) in [6.45, 7) is 3.21. The van der Waals surface area contributed by atoms with Crippen LogP contribution in [0.25, 0.3) is 0 Å². The number of halogens is 3. The molecule has 0 saturated carbocycles. The van der Waals surface area contributed by atoms with Crippen molar-refractivity contribution in [3.05, 3.63) is 71.1 Å². The van der Waals surface area contributed by atoms with Gasteiger partial charge in [-0.3, -0.25) is 4.79 Å². The van der Waals surface area contributed by atoms with Gasteiger partial charge in [0.1, 0.15) is 10.3 Å². The Balaban J connectivity index is 1.65. The van der Waals surface area contributed by atoms with Crippen LogP contribution in [-0.4, -0.2) is 73.6 Å². The number of nitrogens with zero attached hydrogens (tertiary/aromatic N) is 2. The number of carbonyl (C=O) groups is 2. The average Bonchev–Trinajstić information content (AvgIpc) is 3.51. The van der Waals surface area contributed by atoms with Crippen LogP contribution in [0.2, 0.25) is 0 Å². The number of carbonyl (C=O) groups excluding carboxylic acids is 2. The molecule has 43 heavy (non-hydrogen) atoms. The van der Waals surface area contributed by atoms with E-state index in [1.54, 1.807) is 25.3 Å². The lowest BCUT2D eigenvalue weighted by Crippen LogP contribution is -2.50. The first-order chi connectivity index (χ1) is 20.2. The molecule has 15 heteroatoms. The average molecular weight is 641 g/mol. The second kappa shape index (κ2) is 12.9. The summed E-state index contributed by atoms with van der Waals surface area (Å²) in [4.78, 5) is 28.0. The molecular formula is C28H31F3N4O6S2. The van der Waals surface area contributed by atoms with Crippen molar-refractivity contribution >= 4 is 44.7 Å². The number of anilines is 2. The van der Waals surface area contributed by atoms with Gasteiger partial charge in [-0.05, 0) is 54.8 Å². The number of aliphatic hydroxyl groups is 1. The van der Waals surface area contributed by atoms with Gasteiger partial charge < -0.3 is 25.4 Å². The summed E-state index contributed by atoms with van der Waals surface area (Å²) in [7, 11) is -2.41. The standard InChI is InChI=1S/C28H31F3N4O6S2/c1-17-14-35(18(2)16-36)26(37)21-6-4-7-22(33-27(38)32-20-11-9-19(10-12-20)28(29,30)31)25(21)41-23(17)15-34(3)43(39,40)24-8-5-13-42-24/h4-13,17-18,23,36H,14-16H2,1-3H3,(H2,32,33,38)/t17-,18-,23+/m1/s1. The maximum absolute atomic E-state index is 13.6. The van der Waals surface area contributed by atoms with E-state index in [9.17, 15) is 36.3 Å². The number of benzene rings is 2. The number of nitrogens with one attached hydrogen (secondary N) is 2. The van der Waals surface area contributed by atoms with Gasteiger partial charge in [0, 0.05) is 25.2 Å². The molecule has 0 saturated heterocycles. The van der Waals surface area contributed by atoms with Crippen LogP contribution < -0.4 is 15.4 Å². The molecule has 1 aliphatic rings. The Morgan fingerprint density at radius 3 is 2.47 bits per heavy atom. The van der Waals surface area contributed by atoms with Crippen molar-refractivity contribution in [2.75, 3.05) is 37.4 Å². The Morgan fingerprint density at radius 1 is 1.16 bits per heavy atom. The number of likely N-dealkylation sites (N-methyl/N-ethyl adjacent to an activating group) is 1. The first kappa shape index (κ1) is 32.3. The molecule has 0 radical (unpaired) electrons. The van der Waals surface area contributed by atoms with Gasteiger partial charge in [-0.25, -0.2) is 13.2 Å². The summed E-state index contributed by atoms with van der Waals surface area (Å²) in [6.07, 6.45) is -5.32. The highest BCUT2D eigenvalue weighted by Gasteiger charge is 2.36. The molecule has 0 bridgehead atoms. The zero-order chi connectivity index (χ0) is 31.5. The van der Waals surface area contributed by atoms with Gasteiger partial charge in [-0.1, -0.05) is 19.1 Å². The quantitative estimate of drug-likeness (QED) is 0.320. The van der Waals surface area contributed by atoms with E-state index in [1.165, 1.54) is 36.2 Å². The fourth-order valence-corrected chi connectivity index (χ4v) is 6.89. The van der Waals surface area contributed by atoms with Gasteiger partial charge in [-0.2, -0.15) is 17.5 Å². The normalized spacial score (nSPS) is 18.3. The first-order valence-corrected chi connectivity index (χ1v) is 15.5. The highest BCUT2D eigenvalue weighted by molar-refractivity contribution is 7.91. The zero-order valence-corrected chi connectivity index (χ0v) is 25.1. The summed E-state index contributed by atoms with van der Waals surface area (Å²) in [6, 6.07) is 10.1. The van der Waals surface area contributed by atoms with Crippen LogP contribution in [0.3, 0.4) is 0 Å². The Bertz CT molecular complexity index is 1550. The minimum absolute atomic E-state index is 0.0105. The molecule has 232 valence electrons. The van der Waals surface area contributed by atoms with Crippen LogP contribution in [-0.2, 0) is 16.2 Å². The number of sulfonamides is 1. The Morgan fingerprint density at radius 2 is 1.86 bits per heavy atom. The van der Waals surface area contributed by atoms with Gasteiger partial charge in [0.2, 0.25) is 0 Å². The van der Waals surface area contributed by atoms with Crippen molar-refractivity contribution < 1.29 is 41.0 Å². The minimum atomic E-state index is -4.53. The molecule has 1 aromatic heterocycles. The van der Waals surface area contributed by atoms with Gasteiger partial charge >= 0.3 is 12.2 Å². The first-order valence-electron chi connectivity index (χ1n) is 13.2. The second-order valence-electron chi connectivity index (χ2n) is 10.2. The highest BCUT2D eigenvalue weighted by atomic mass is 32.2. The summed E-state index contributed by atoms with van der Waals surface area (Å²) in [5.41, 5.74) is -0.623. The van der Waals surface area contributed by atoms with Crippen molar-refractivity contribution in [2.45, 2.75) is 36.4 Å². The van der Waals surface area contributed by atoms with Crippen LogP contribution in [0, 0.1) is 5.92 Å². The third kappa shape index (κ3) is 7.29. The Labute approximate surface area is 251 Å². The van der Waals surface area contributed by atoms with Gasteiger partial charge in [0.05, 0.1) is 36.0 Å². The number of urea groups is 1. The number of fused-ring (bicyclic) bond motifs is 1. The molecule has 0 aliphatic carbocycles. The third-order valence-corrected chi connectivity index (χ3v) is 10.2. The van der Waals surface area contributed by atoms with E-state index in [0.29, 0.717) is 0 Å². The zero-order valence-electron chi connectivity index (χ0n) is 23.5. The molecule has 0 fully saturated rings. The van der Waals surface area contributed by atoms with Crippen LogP contribution >= 0.6 is 11.3 Å². The number of aliphatic hydroxyl groups excluding tert-OH is 1. The molecule has 3 aromatic rings. The number of rotatable bonds is 8. The lowest BCUT2D eigenvalue weighted by Gasteiger charge is -2.38. The Kier molecular flexibility index (Phi) is 9.69. The number of hydrogen-bond donors (Lipinski definition) is 3. The third-order valence-electron chi connectivity index (χ3n) is 7.01. The van der Waals surface area contributed by atoms with Crippen molar-refractivity contribution in [1.29, 1.82) is 0 Å². The van der Waals surface area contributed by atoms with E-state index >= 15 is 0 Å². The number of hydrogen-bond acceptors (Lipinski definition) is 7. The van der Waals surface area contributed by atoms with E-state index in [4.69, 9.17) is 4.74 Å². The molecule has 4 rings (SSSR count). The topological polar surface area (TPSA) is 128 Å². The van der Waals surface area contributed by atoms with Gasteiger partial charge in [-0.15, -0.1) is 11.3 Å². The molecular weight excluding hydrogens is 609 g/mol. The molecule has 1 aliphatic heterocycles. The largest absolute Gasteiger partial charge is 0.486 e. The van der Waals surface area contributed by atoms with Crippen molar-refractivity contribution in [1.82, 2.24) is 9.21 Å². The maximum atomic E-state index is 13.6. The maximum Gasteiger partial charge on any atom is 0.416 e. The van der Waals surface area contributed by atoms with Crippen LogP contribution in [0.15, 0.2) is 64.2 Å². The van der Waals surface area contributed by atoms with E-state index in [-0.39, 0.29) is 46.6 Å². The van der Waals surface area contributed by atoms with E-state index < -0.39 is 51.8 Å². The van der Waals surface area contributed by atoms with E-state index in [1.807, 2.05) is 0 Å². The number of thiophene rings is 1. The fraction of sp³-hybridized carbons (Fsp3) is 0.357. The predicted octanol–water partition coefficient (Wildman–Crippen LogP) is 4.95. The van der Waals surface area contributed by atoms with Crippen molar-refractivity contribution in [3.63, 3.8) is 0 Å². The monoisotopic (exact) mass is 640 g/mol. The predicted molar refractivity (Wildman–Crippen MR) is 156 cm³/mol. The van der Waals surface area contributed by atoms with Crippen LogP contribution in [0.1, 0.15) is 29.8 Å². The molecule has 3 atom stereocenters. The molecule has 3 amide bonds. The number of amides is 3. The van der Waals surface area contributed by atoms with E-state index in [2.05, 4.69) is 10.6 Å². The lowest BCUT2D eigenvalue weighted by atomic mass is 9.99. The molecule has 2 aromatic carbocycles. The number of para-hydroxylation sites is 1. The molecule has 0 unspecified atom stereocenters. The van der Waals surface area contributed by atoms with Crippen molar-refractivity contribution in [3.8, 4) is 5.75 Å². The molecule has 10 nitrogen and oxygen atoms in total. The van der Waals surface area contributed by atoms with Crippen molar-refractivity contribution in [2.24, 2.45) is 5.92 Å². The SMILES string of the molecule is C[C@@H]1CN([C@H](C)CO)C(=O)c2cccc(NC(=O)Nc3ccc(C(F)(F)F)cc3)c2O[C@H]1CN(C)S(=O)(=O)c1cccs1. The Hall–Kier alpha value is -3.66. The lowest BCUT2D eigenvalue weighted by molar-refractivity contribution is -0.137. The fourth-order valence-electron chi connectivity index (χ4n) is 4.50. The summed E-state index contributed by atoms with van der Waals surface area (Å²) >= 11 is 1.08. The molecule has 0 spiro atoms. The molecule has 3 N–H and O–H groups in total.